The van der Waals surface area contributed by atoms with Gasteiger partial charge in [0.25, 0.3) is 10.1 Å². The minimum Gasteiger partial charge on any atom is -0.410 e. The number of nitrogens with zero attached hydrogens (tertiary/aromatic N) is 1. The molecule has 0 heterocycles. The number of ether oxygens (including phenoxy) is 1. The van der Waals surface area contributed by atoms with Crippen LogP contribution in [-0.2, 0) is 14.3 Å². The SMILES string of the molecule is CN(C[C@H]1CC[C@H](C#CCOS(C)(=O)=O)CC1)C(=O)Oc1ccc(Cl)cc1. The highest BCUT2D eigenvalue weighted by Crippen LogP contribution is 2.29. The van der Waals surface area contributed by atoms with Crippen molar-refractivity contribution in [3.8, 4) is 17.6 Å². The lowest BCUT2D eigenvalue weighted by atomic mass is 9.82. The Hall–Kier alpha value is -1.75. The van der Waals surface area contributed by atoms with E-state index in [1.165, 1.54) is 0 Å². The van der Waals surface area contributed by atoms with Crippen molar-refractivity contribution in [2.24, 2.45) is 11.8 Å². The summed E-state index contributed by atoms with van der Waals surface area (Å²) in [4.78, 5) is 13.8. The standard InChI is InChI=1S/C19H24ClNO5S/c1-21(19(22)26-18-11-9-17(20)10-12-18)14-16-7-5-15(6-8-16)4-3-13-25-27(2,23)24/h9-12,15-16H,5-8,13-14H2,1-2H3/t15-,16-. The molecule has 0 radical (unpaired) electrons. The van der Waals surface area contributed by atoms with E-state index in [0.29, 0.717) is 23.2 Å². The topological polar surface area (TPSA) is 72.9 Å². The highest BCUT2D eigenvalue weighted by atomic mass is 35.5. The first kappa shape index (κ1) is 21.5. The van der Waals surface area contributed by atoms with Gasteiger partial charge in [-0.2, -0.15) is 8.42 Å². The number of carbonyl (C=O) groups excluding carboxylic acids is 1. The number of carbonyl (C=O) groups is 1. The van der Waals surface area contributed by atoms with Gasteiger partial charge in [-0.05, 0) is 55.9 Å². The summed E-state index contributed by atoms with van der Waals surface area (Å²) in [5, 5.41) is 0.589. The number of rotatable bonds is 5. The highest BCUT2D eigenvalue weighted by molar-refractivity contribution is 7.86. The Bertz CT molecular complexity index is 790. The van der Waals surface area contributed by atoms with Gasteiger partial charge in [-0.25, -0.2) is 4.79 Å². The van der Waals surface area contributed by atoms with E-state index in [1.54, 1.807) is 36.2 Å². The van der Waals surface area contributed by atoms with Crippen molar-refractivity contribution in [3.63, 3.8) is 0 Å². The molecule has 0 aromatic heterocycles. The number of hydrogen-bond acceptors (Lipinski definition) is 5. The molecular weight excluding hydrogens is 390 g/mol. The lowest BCUT2D eigenvalue weighted by molar-refractivity contribution is 0.148. The minimum absolute atomic E-state index is 0.0992. The molecule has 0 bridgehead atoms. The molecule has 1 aromatic carbocycles. The van der Waals surface area contributed by atoms with Crippen molar-refractivity contribution < 1.29 is 22.1 Å². The lowest BCUT2D eigenvalue weighted by Crippen LogP contribution is -2.35. The van der Waals surface area contributed by atoms with E-state index in [0.717, 1.165) is 31.9 Å². The first-order valence-electron chi connectivity index (χ1n) is 8.74. The predicted octanol–water partition coefficient (Wildman–Crippen LogP) is 3.56. The number of halogens is 1. The van der Waals surface area contributed by atoms with Crippen molar-refractivity contribution in [2.45, 2.75) is 25.7 Å². The summed E-state index contributed by atoms with van der Waals surface area (Å²) in [5.41, 5.74) is 0. The van der Waals surface area contributed by atoms with E-state index < -0.39 is 16.2 Å². The summed E-state index contributed by atoms with van der Waals surface area (Å²) < 4.78 is 31.7. The maximum absolute atomic E-state index is 12.2. The Kier molecular flexibility index (Phi) is 7.96. The van der Waals surface area contributed by atoms with E-state index in [1.807, 2.05) is 0 Å². The molecule has 1 aliphatic rings. The average Bonchev–Trinajstić information content (AvgIpc) is 2.61. The Labute approximate surface area is 165 Å². The van der Waals surface area contributed by atoms with Crippen molar-refractivity contribution >= 4 is 27.8 Å². The normalized spacial score (nSPS) is 19.7. The molecule has 6 nitrogen and oxygen atoms in total. The zero-order chi connectivity index (χ0) is 19.9. The predicted molar refractivity (Wildman–Crippen MR) is 104 cm³/mol. The smallest absolute Gasteiger partial charge is 0.410 e. The van der Waals surface area contributed by atoms with E-state index in [4.69, 9.17) is 16.3 Å². The van der Waals surface area contributed by atoms with Crippen LogP contribution in [0.4, 0.5) is 4.79 Å². The first-order chi connectivity index (χ1) is 12.7. The van der Waals surface area contributed by atoms with Gasteiger partial charge in [-0.1, -0.05) is 23.4 Å². The van der Waals surface area contributed by atoms with Crippen LogP contribution in [0.15, 0.2) is 24.3 Å². The van der Waals surface area contributed by atoms with E-state index in [-0.39, 0.29) is 12.5 Å². The van der Waals surface area contributed by atoms with Gasteiger partial charge in [0.1, 0.15) is 12.4 Å². The zero-order valence-electron chi connectivity index (χ0n) is 15.5. The molecular formula is C19H24ClNO5S. The summed E-state index contributed by atoms with van der Waals surface area (Å²) in [5.74, 6) is 6.96. The van der Waals surface area contributed by atoms with Gasteiger partial charge < -0.3 is 9.64 Å². The quantitative estimate of drug-likeness (QED) is 0.545. The largest absolute Gasteiger partial charge is 0.414 e. The van der Waals surface area contributed by atoms with Gasteiger partial charge in [0.05, 0.1) is 6.26 Å². The molecule has 27 heavy (non-hydrogen) atoms. The average molecular weight is 414 g/mol. The molecule has 0 spiro atoms. The third-order valence-corrected chi connectivity index (χ3v) is 5.16. The van der Waals surface area contributed by atoms with Gasteiger partial charge in [0.15, 0.2) is 0 Å². The van der Waals surface area contributed by atoms with Crippen LogP contribution in [0.2, 0.25) is 5.02 Å². The van der Waals surface area contributed by atoms with Crippen LogP contribution in [-0.4, -0.2) is 45.9 Å². The van der Waals surface area contributed by atoms with Crippen molar-refractivity contribution in [1.29, 1.82) is 0 Å². The molecule has 0 N–H and O–H groups in total. The number of amides is 1. The lowest BCUT2D eigenvalue weighted by Gasteiger charge is -2.29. The molecule has 8 heteroatoms. The van der Waals surface area contributed by atoms with Crippen molar-refractivity contribution in [2.75, 3.05) is 26.5 Å². The van der Waals surface area contributed by atoms with Gasteiger partial charge in [-0.3, -0.25) is 4.18 Å². The van der Waals surface area contributed by atoms with Crippen LogP contribution >= 0.6 is 11.6 Å². The zero-order valence-corrected chi connectivity index (χ0v) is 17.1. The molecule has 1 amide bonds. The molecule has 1 aliphatic carbocycles. The Morgan fingerprint density at radius 2 is 1.85 bits per heavy atom. The van der Waals surface area contributed by atoms with E-state index in [2.05, 4.69) is 16.0 Å². The molecule has 1 saturated carbocycles. The van der Waals surface area contributed by atoms with Gasteiger partial charge in [0, 0.05) is 24.5 Å². The molecule has 0 saturated heterocycles. The molecule has 1 fully saturated rings. The summed E-state index contributed by atoms with van der Waals surface area (Å²) in [6.07, 6.45) is 4.40. The van der Waals surface area contributed by atoms with Crippen LogP contribution in [0.25, 0.3) is 0 Å². The fraction of sp³-hybridized carbons (Fsp3) is 0.526. The monoisotopic (exact) mass is 413 g/mol. The summed E-state index contributed by atoms with van der Waals surface area (Å²) in [7, 11) is -1.71. The van der Waals surface area contributed by atoms with Crippen LogP contribution in [0.1, 0.15) is 25.7 Å². The third kappa shape index (κ3) is 8.21. The third-order valence-electron chi connectivity index (χ3n) is 4.36. The van der Waals surface area contributed by atoms with E-state index in [9.17, 15) is 13.2 Å². The molecule has 0 unspecified atom stereocenters. The molecule has 148 valence electrons. The van der Waals surface area contributed by atoms with Crippen LogP contribution in [0.5, 0.6) is 5.75 Å². The van der Waals surface area contributed by atoms with Gasteiger partial charge in [-0.15, -0.1) is 0 Å². The van der Waals surface area contributed by atoms with Gasteiger partial charge >= 0.3 is 6.09 Å². The minimum atomic E-state index is -3.44. The van der Waals surface area contributed by atoms with Crippen LogP contribution in [0, 0.1) is 23.7 Å². The molecule has 1 aromatic rings. The van der Waals surface area contributed by atoms with E-state index >= 15 is 0 Å². The second-order valence-corrected chi connectivity index (χ2v) is 8.79. The number of hydrogen-bond donors (Lipinski definition) is 0. The summed E-state index contributed by atoms with van der Waals surface area (Å²) in [6.45, 7) is 0.530. The van der Waals surface area contributed by atoms with Crippen molar-refractivity contribution in [3.05, 3.63) is 29.3 Å². The fourth-order valence-electron chi connectivity index (χ4n) is 2.96. The van der Waals surface area contributed by atoms with Crippen LogP contribution < -0.4 is 4.74 Å². The molecule has 0 atom stereocenters. The fourth-order valence-corrected chi connectivity index (χ4v) is 3.35. The second-order valence-electron chi connectivity index (χ2n) is 6.71. The first-order valence-corrected chi connectivity index (χ1v) is 10.9. The highest BCUT2D eigenvalue weighted by Gasteiger charge is 2.23. The Morgan fingerprint density at radius 1 is 1.22 bits per heavy atom. The summed E-state index contributed by atoms with van der Waals surface area (Å²) >= 11 is 5.82. The summed E-state index contributed by atoms with van der Waals surface area (Å²) in [6, 6.07) is 6.66. The molecule has 0 aliphatic heterocycles. The maximum atomic E-state index is 12.2. The Balaban J connectivity index is 1.72. The number of benzene rings is 1. The maximum Gasteiger partial charge on any atom is 0.414 e. The van der Waals surface area contributed by atoms with Gasteiger partial charge in [0.2, 0.25) is 0 Å². The van der Waals surface area contributed by atoms with Crippen LogP contribution in [0.3, 0.4) is 0 Å². The Morgan fingerprint density at radius 3 is 2.44 bits per heavy atom. The second kappa shape index (κ2) is 9.98. The van der Waals surface area contributed by atoms with Crippen molar-refractivity contribution in [1.82, 2.24) is 4.90 Å². The molecule has 2 rings (SSSR count).